The van der Waals surface area contributed by atoms with Crippen LogP contribution in [0, 0.1) is 17.0 Å². The van der Waals surface area contributed by atoms with Crippen LogP contribution in [0.4, 0.5) is 17.1 Å². The number of thiazole rings is 1. The number of hydrogen-bond acceptors (Lipinski definition) is 7. The predicted octanol–water partition coefficient (Wildman–Crippen LogP) is 6.27. The molecule has 178 valence electrons. The number of carbonyl (C=O) groups is 2. The van der Waals surface area contributed by atoms with Crippen molar-refractivity contribution in [3.8, 4) is 0 Å². The smallest absolute Gasteiger partial charge is 0.271 e. The molecular formula is C25H22N4O4S2. The fraction of sp³-hybridized carbons (Fsp3) is 0.160. The highest BCUT2D eigenvalue weighted by atomic mass is 32.2. The Bertz CT molecular complexity index is 1420. The van der Waals surface area contributed by atoms with Gasteiger partial charge in [0.15, 0.2) is 4.34 Å². The summed E-state index contributed by atoms with van der Waals surface area (Å²) in [5.41, 5.74) is 3.26. The monoisotopic (exact) mass is 506 g/mol. The van der Waals surface area contributed by atoms with Crippen molar-refractivity contribution in [1.29, 1.82) is 0 Å². The molecule has 0 saturated carbocycles. The summed E-state index contributed by atoms with van der Waals surface area (Å²) >= 11 is 2.79. The van der Waals surface area contributed by atoms with Crippen LogP contribution >= 0.6 is 23.1 Å². The van der Waals surface area contributed by atoms with Gasteiger partial charge in [0.2, 0.25) is 5.91 Å². The third kappa shape index (κ3) is 5.84. The van der Waals surface area contributed by atoms with Crippen LogP contribution in [0.25, 0.3) is 10.2 Å². The van der Waals surface area contributed by atoms with Crippen molar-refractivity contribution in [2.45, 2.75) is 29.9 Å². The Balaban J connectivity index is 1.46. The Morgan fingerprint density at radius 2 is 1.83 bits per heavy atom. The molecule has 1 unspecified atom stereocenters. The molecule has 1 atom stereocenters. The van der Waals surface area contributed by atoms with E-state index in [0.29, 0.717) is 23.4 Å². The highest BCUT2D eigenvalue weighted by Gasteiger charge is 2.21. The van der Waals surface area contributed by atoms with E-state index >= 15 is 0 Å². The summed E-state index contributed by atoms with van der Waals surface area (Å²) < 4.78 is 1.62. The van der Waals surface area contributed by atoms with Gasteiger partial charge < -0.3 is 10.6 Å². The average molecular weight is 507 g/mol. The van der Waals surface area contributed by atoms with Gasteiger partial charge in [-0.15, -0.1) is 11.3 Å². The number of rotatable bonds is 8. The van der Waals surface area contributed by atoms with Crippen LogP contribution in [-0.2, 0) is 4.79 Å². The zero-order valence-electron chi connectivity index (χ0n) is 19.0. The van der Waals surface area contributed by atoms with Crippen LogP contribution in [0.5, 0.6) is 0 Å². The molecule has 1 aromatic heterocycles. The molecule has 35 heavy (non-hydrogen) atoms. The molecular weight excluding hydrogens is 484 g/mol. The molecule has 2 N–H and O–H groups in total. The minimum absolute atomic E-state index is 0.0833. The summed E-state index contributed by atoms with van der Waals surface area (Å²) in [7, 11) is 0. The third-order valence-corrected chi connectivity index (χ3v) is 7.72. The highest BCUT2D eigenvalue weighted by Crippen LogP contribution is 2.35. The quantitative estimate of drug-likeness (QED) is 0.165. The van der Waals surface area contributed by atoms with E-state index in [1.165, 1.54) is 41.3 Å². The van der Waals surface area contributed by atoms with E-state index in [1.807, 2.05) is 44.2 Å². The van der Waals surface area contributed by atoms with E-state index in [0.717, 1.165) is 20.1 Å². The maximum atomic E-state index is 12.8. The number of nitrogens with one attached hydrogen (secondary N) is 2. The van der Waals surface area contributed by atoms with Gasteiger partial charge in [-0.3, -0.25) is 19.7 Å². The van der Waals surface area contributed by atoms with Gasteiger partial charge >= 0.3 is 0 Å². The average Bonchev–Trinajstić information content (AvgIpc) is 3.24. The fourth-order valence-electron chi connectivity index (χ4n) is 3.42. The van der Waals surface area contributed by atoms with Crippen LogP contribution in [0.15, 0.2) is 71.1 Å². The van der Waals surface area contributed by atoms with E-state index in [2.05, 4.69) is 15.6 Å². The summed E-state index contributed by atoms with van der Waals surface area (Å²) in [6.45, 7) is 3.79. The van der Waals surface area contributed by atoms with Gasteiger partial charge in [-0.05, 0) is 49.2 Å². The Hall–Kier alpha value is -3.76. The van der Waals surface area contributed by atoms with Crippen LogP contribution in [0.3, 0.4) is 0 Å². The molecule has 0 aliphatic rings. The van der Waals surface area contributed by atoms with Gasteiger partial charge in [0.1, 0.15) is 0 Å². The first kappa shape index (κ1) is 24.4. The second kappa shape index (κ2) is 10.7. The highest BCUT2D eigenvalue weighted by molar-refractivity contribution is 8.02. The number of carbonyl (C=O) groups excluding carboxylic acids is 2. The van der Waals surface area contributed by atoms with Crippen molar-refractivity contribution >= 4 is 62.2 Å². The molecule has 4 rings (SSSR count). The van der Waals surface area contributed by atoms with Gasteiger partial charge in [0.05, 0.1) is 20.4 Å². The first-order valence-electron chi connectivity index (χ1n) is 10.8. The summed E-state index contributed by atoms with van der Waals surface area (Å²) in [6.07, 6.45) is 0.555. The molecule has 2 amide bonds. The van der Waals surface area contributed by atoms with Crippen LogP contribution in [0.2, 0.25) is 0 Å². The summed E-state index contributed by atoms with van der Waals surface area (Å²) in [5, 5.41) is 16.3. The Morgan fingerprint density at radius 3 is 2.57 bits per heavy atom. The normalized spacial score (nSPS) is 11.7. The van der Waals surface area contributed by atoms with Crippen LogP contribution < -0.4 is 10.6 Å². The van der Waals surface area contributed by atoms with E-state index in [4.69, 9.17) is 0 Å². The topological polar surface area (TPSA) is 114 Å². The summed E-state index contributed by atoms with van der Waals surface area (Å²) in [5.74, 6) is -0.422. The number of aromatic nitrogens is 1. The fourth-order valence-corrected chi connectivity index (χ4v) is 5.70. The maximum absolute atomic E-state index is 12.8. The molecule has 8 nitrogen and oxygen atoms in total. The Labute approximate surface area is 209 Å². The lowest BCUT2D eigenvalue weighted by atomic mass is 10.1. The lowest BCUT2D eigenvalue weighted by molar-refractivity contribution is -0.384. The number of fused-ring (bicyclic) bond motifs is 1. The maximum Gasteiger partial charge on any atom is 0.271 e. The third-order valence-electron chi connectivity index (χ3n) is 5.25. The van der Waals surface area contributed by atoms with Crippen molar-refractivity contribution < 1.29 is 14.5 Å². The number of amides is 2. The standard InChI is InChI=1S/C25H22N4O4S2/c1-3-21(24(31)27-16-8-6-9-18(13-16)29(32)33)34-25-28-20-12-11-17(14-22(20)35-25)26-23(30)19-10-5-4-7-15(19)2/h4-14,21H,3H2,1-2H3,(H,26,30)(H,27,31). The Kier molecular flexibility index (Phi) is 7.42. The van der Waals surface area contributed by atoms with Crippen molar-refractivity contribution in [1.82, 2.24) is 4.98 Å². The zero-order valence-corrected chi connectivity index (χ0v) is 20.6. The van der Waals surface area contributed by atoms with E-state index in [1.54, 1.807) is 18.2 Å². The lowest BCUT2D eigenvalue weighted by Gasteiger charge is -2.13. The molecule has 4 aromatic rings. The largest absolute Gasteiger partial charge is 0.325 e. The lowest BCUT2D eigenvalue weighted by Crippen LogP contribution is -2.24. The van der Waals surface area contributed by atoms with Crippen LogP contribution in [0.1, 0.15) is 29.3 Å². The molecule has 0 aliphatic carbocycles. The van der Waals surface area contributed by atoms with Gasteiger partial charge in [-0.25, -0.2) is 4.98 Å². The van der Waals surface area contributed by atoms with Gasteiger partial charge in [-0.2, -0.15) is 0 Å². The van der Waals surface area contributed by atoms with Gasteiger partial charge in [-0.1, -0.05) is 43.0 Å². The summed E-state index contributed by atoms with van der Waals surface area (Å²) in [6, 6.07) is 18.8. The number of hydrogen-bond donors (Lipinski definition) is 2. The number of nitrogens with zero attached hydrogens (tertiary/aromatic N) is 2. The molecule has 0 bridgehead atoms. The number of thioether (sulfide) groups is 1. The minimum atomic E-state index is -0.499. The number of nitro benzene ring substituents is 1. The van der Waals surface area contributed by atoms with Gasteiger partial charge in [0.25, 0.3) is 11.6 Å². The number of non-ortho nitro benzene ring substituents is 1. The molecule has 0 aliphatic heterocycles. The predicted molar refractivity (Wildman–Crippen MR) is 140 cm³/mol. The Morgan fingerprint density at radius 1 is 1.06 bits per heavy atom. The van der Waals surface area contributed by atoms with E-state index in [9.17, 15) is 19.7 Å². The van der Waals surface area contributed by atoms with Crippen molar-refractivity contribution in [2.75, 3.05) is 10.6 Å². The SMILES string of the molecule is CCC(Sc1nc2ccc(NC(=O)c3ccccc3C)cc2s1)C(=O)Nc1cccc([N+](=O)[O-])c1. The molecule has 0 fully saturated rings. The number of aryl methyl sites for hydroxylation is 1. The number of benzene rings is 3. The van der Waals surface area contributed by atoms with Gasteiger partial charge in [0, 0.05) is 29.1 Å². The molecule has 0 spiro atoms. The second-order valence-electron chi connectivity index (χ2n) is 7.74. The van der Waals surface area contributed by atoms with Crippen molar-refractivity contribution in [3.63, 3.8) is 0 Å². The number of nitro groups is 1. The van der Waals surface area contributed by atoms with Crippen molar-refractivity contribution in [3.05, 3.63) is 88.0 Å². The van der Waals surface area contributed by atoms with E-state index in [-0.39, 0.29) is 17.5 Å². The minimum Gasteiger partial charge on any atom is -0.325 e. The zero-order chi connectivity index (χ0) is 24.9. The molecule has 1 heterocycles. The molecule has 10 heteroatoms. The van der Waals surface area contributed by atoms with E-state index < -0.39 is 10.2 Å². The first-order chi connectivity index (χ1) is 16.8. The van der Waals surface area contributed by atoms with Crippen LogP contribution in [-0.4, -0.2) is 27.0 Å². The molecule has 0 saturated heterocycles. The molecule has 3 aromatic carbocycles. The second-order valence-corrected chi connectivity index (χ2v) is 10.2. The number of anilines is 2. The summed E-state index contributed by atoms with van der Waals surface area (Å²) in [4.78, 5) is 40.5. The first-order valence-corrected chi connectivity index (χ1v) is 12.5. The molecule has 0 radical (unpaired) electrons. The van der Waals surface area contributed by atoms with Crippen molar-refractivity contribution in [2.24, 2.45) is 0 Å².